The average molecular weight is 284 g/mol. The summed E-state index contributed by atoms with van der Waals surface area (Å²) in [6, 6.07) is -0.705. The van der Waals surface area contributed by atoms with Crippen molar-refractivity contribution in [3.63, 3.8) is 0 Å². The quantitative estimate of drug-likeness (QED) is 0.509. The molecule has 0 amide bonds. The van der Waals surface area contributed by atoms with Gasteiger partial charge in [-0.15, -0.1) is 0 Å². The van der Waals surface area contributed by atoms with Crippen LogP contribution in [-0.4, -0.2) is 32.9 Å². The predicted molar refractivity (Wildman–Crippen MR) is 69.4 cm³/mol. The molecule has 2 heterocycles. The molecular weight excluding hydrogens is 272 g/mol. The number of rotatable bonds is 5. The van der Waals surface area contributed by atoms with E-state index in [0.29, 0.717) is 4.96 Å². The normalized spacial score (nSPS) is 12.3. The monoisotopic (exact) mass is 284 g/mol. The maximum absolute atomic E-state index is 11.5. The van der Waals surface area contributed by atoms with E-state index in [9.17, 15) is 14.9 Å². The molecule has 19 heavy (non-hydrogen) atoms. The van der Waals surface area contributed by atoms with E-state index in [1.807, 2.05) is 0 Å². The number of nitrogens with one attached hydrogen (secondary N) is 1. The Balaban J connectivity index is 2.29. The van der Waals surface area contributed by atoms with Gasteiger partial charge in [0.25, 0.3) is 4.96 Å². The Morgan fingerprint density at radius 3 is 3.11 bits per heavy atom. The fourth-order valence-corrected chi connectivity index (χ4v) is 2.29. The molecule has 9 heteroatoms. The highest BCUT2D eigenvalue weighted by Crippen LogP contribution is 2.28. The van der Waals surface area contributed by atoms with Gasteiger partial charge in [0.2, 0.25) is 5.82 Å². The summed E-state index contributed by atoms with van der Waals surface area (Å²) in [5, 5.41) is 15.5. The number of esters is 1. The van der Waals surface area contributed by atoms with Crippen LogP contribution >= 0.6 is 11.3 Å². The van der Waals surface area contributed by atoms with Crippen LogP contribution < -0.4 is 5.32 Å². The Labute approximate surface area is 112 Å². The van der Waals surface area contributed by atoms with Crippen molar-refractivity contribution in [3.05, 3.63) is 21.7 Å². The van der Waals surface area contributed by atoms with Crippen molar-refractivity contribution in [2.45, 2.75) is 19.9 Å². The van der Waals surface area contributed by atoms with Gasteiger partial charge in [0.15, 0.2) is 0 Å². The van der Waals surface area contributed by atoms with Gasteiger partial charge in [-0.1, -0.05) is 11.3 Å². The molecule has 0 aliphatic carbocycles. The molecule has 0 spiro atoms. The number of fused-ring (bicyclic) bond motifs is 1. The molecule has 0 fully saturated rings. The van der Waals surface area contributed by atoms with Gasteiger partial charge in [0, 0.05) is 5.38 Å². The van der Waals surface area contributed by atoms with Crippen molar-refractivity contribution in [2.24, 2.45) is 0 Å². The van der Waals surface area contributed by atoms with Crippen LogP contribution in [0.15, 0.2) is 11.6 Å². The molecule has 0 bridgehead atoms. The molecular formula is C10H12N4O4S. The molecule has 0 aromatic carbocycles. The zero-order valence-corrected chi connectivity index (χ0v) is 11.1. The number of imidazole rings is 1. The van der Waals surface area contributed by atoms with Crippen LogP contribution in [0, 0.1) is 10.1 Å². The minimum atomic E-state index is -0.705. The van der Waals surface area contributed by atoms with E-state index < -0.39 is 16.9 Å². The smallest absolute Gasteiger partial charge is 0.372 e. The van der Waals surface area contributed by atoms with Crippen LogP contribution in [0.2, 0.25) is 0 Å². The lowest BCUT2D eigenvalue weighted by atomic mass is 10.3. The molecule has 1 atom stereocenters. The lowest BCUT2D eigenvalue weighted by Gasteiger charge is -2.11. The number of aromatic nitrogens is 2. The summed E-state index contributed by atoms with van der Waals surface area (Å²) in [4.78, 5) is 26.6. The minimum Gasteiger partial charge on any atom is -0.464 e. The zero-order chi connectivity index (χ0) is 14.0. The second-order valence-corrected chi connectivity index (χ2v) is 4.59. The van der Waals surface area contributed by atoms with Gasteiger partial charge in [0.05, 0.1) is 6.61 Å². The van der Waals surface area contributed by atoms with Crippen LogP contribution in [0.5, 0.6) is 0 Å². The van der Waals surface area contributed by atoms with E-state index in [2.05, 4.69) is 10.3 Å². The van der Waals surface area contributed by atoms with E-state index in [4.69, 9.17) is 4.74 Å². The summed E-state index contributed by atoms with van der Waals surface area (Å²) in [5.41, 5.74) is 0. The summed E-state index contributed by atoms with van der Waals surface area (Å²) in [5.74, 6) is -0.599. The van der Waals surface area contributed by atoms with E-state index >= 15 is 0 Å². The molecule has 0 aliphatic heterocycles. The third-order valence-electron chi connectivity index (χ3n) is 2.40. The first-order chi connectivity index (χ1) is 9.04. The van der Waals surface area contributed by atoms with Crippen LogP contribution in [0.1, 0.15) is 13.8 Å². The van der Waals surface area contributed by atoms with Gasteiger partial charge >= 0.3 is 11.8 Å². The van der Waals surface area contributed by atoms with Crippen LogP contribution in [0.4, 0.5) is 11.6 Å². The maximum atomic E-state index is 11.5. The number of hydrogen-bond acceptors (Lipinski definition) is 7. The molecule has 2 aromatic heterocycles. The number of hydrogen-bond donors (Lipinski definition) is 1. The third-order valence-corrected chi connectivity index (χ3v) is 3.16. The third kappa shape index (κ3) is 2.50. The summed E-state index contributed by atoms with van der Waals surface area (Å²) in [6.07, 6.45) is 1.56. The molecule has 102 valence electrons. The van der Waals surface area contributed by atoms with Gasteiger partial charge in [-0.3, -0.25) is 0 Å². The Morgan fingerprint density at radius 1 is 1.74 bits per heavy atom. The molecule has 8 nitrogen and oxygen atoms in total. The van der Waals surface area contributed by atoms with E-state index in [0.717, 1.165) is 0 Å². The van der Waals surface area contributed by atoms with Crippen LogP contribution in [0.3, 0.4) is 0 Å². The minimum absolute atomic E-state index is 0.0670. The van der Waals surface area contributed by atoms with Crippen molar-refractivity contribution in [1.29, 1.82) is 0 Å². The van der Waals surface area contributed by atoms with Gasteiger partial charge in [-0.2, -0.15) is 9.38 Å². The highest BCUT2D eigenvalue weighted by Gasteiger charge is 2.26. The summed E-state index contributed by atoms with van der Waals surface area (Å²) < 4.78 is 6.19. The number of thiazole rings is 1. The zero-order valence-electron chi connectivity index (χ0n) is 10.3. The topological polar surface area (TPSA) is 98.8 Å². The number of anilines is 1. The molecule has 1 N–H and O–H groups in total. The molecule has 2 rings (SSSR count). The second kappa shape index (κ2) is 5.22. The number of carbonyl (C=O) groups is 1. The first kappa shape index (κ1) is 13.3. The van der Waals surface area contributed by atoms with Crippen LogP contribution in [-0.2, 0) is 9.53 Å². The number of carbonyl (C=O) groups excluding carboxylic acids is 1. The Hall–Kier alpha value is -2.16. The molecule has 0 saturated heterocycles. The molecule has 0 saturated carbocycles. The predicted octanol–water partition coefficient (Wildman–Crippen LogP) is 1.67. The summed E-state index contributed by atoms with van der Waals surface area (Å²) in [6.45, 7) is 3.51. The van der Waals surface area contributed by atoms with Crippen molar-refractivity contribution < 1.29 is 14.5 Å². The Kier molecular flexibility index (Phi) is 3.65. The fraction of sp³-hybridized carbons (Fsp3) is 0.400. The Bertz CT molecular complexity index is 620. The first-order valence-corrected chi connectivity index (χ1v) is 6.45. The highest BCUT2D eigenvalue weighted by molar-refractivity contribution is 7.15. The second-order valence-electron chi connectivity index (χ2n) is 3.71. The molecule has 2 aromatic rings. The fourth-order valence-electron chi connectivity index (χ4n) is 1.58. The van der Waals surface area contributed by atoms with Gasteiger partial charge < -0.3 is 20.2 Å². The summed E-state index contributed by atoms with van der Waals surface area (Å²) >= 11 is 1.28. The SMILES string of the molecule is CCOC(=O)C(C)Nc1nc2sccn2c1[N+](=O)[O-]. The highest BCUT2D eigenvalue weighted by atomic mass is 32.1. The molecule has 0 radical (unpaired) electrons. The van der Waals surface area contributed by atoms with Gasteiger partial charge in [-0.25, -0.2) is 4.79 Å². The van der Waals surface area contributed by atoms with E-state index in [1.54, 1.807) is 25.4 Å². The number of nitro groups is 1. The number of nitrogens with zero attached hydrogens (tertiary/aromatic N) is 3. The lowest BCUT2D eigenvalue weighted by Crippen LogP contribution is -2.28. The first-order valence-electron chi connectivity index (χ1n) is 5.57. The van der Waals surface area contributed by atoms with Crippen LogP contribution in [0.25, 0.3) is 4.96 Å². The van der Waals surface area contributed by atoms with Crippen molar-refractivity contribution in [1.82, 2.24) is 9.38 Å². The van der Waals surface area contributed by atoms with Gasteiger partial charge in [0.1, 0.15) is 12.2 Å². The standard InChI is InChI=1S/C10H12N4O4S/c1-3-18-9(15)6(2)11-7-8(14(16)17)13-4-5-19-10(13)12-7/h4-6,11H,3H2,1-2H3. The van der Waals surface area contributed by atoms with Gasteiger partial charge in [-0.05, 0) is 18.8 Å². The summed E-state index contributed by atoms with van der Waals surface area (Å²) in [7, 11) is 0. The molecule has 0 aliphatic rings. The Morgan fingerprint density at radius 2 is 2.47 bits per heavy atom. The van der Waals surface area contributed by atoms with E-state index in [1.165, 1.54) is 15.7 Å². The van der Waals surface area contributed by atoms with Crippen molar-refractivity contribution in [2.75, 3.05) is 11.9 Å². The number of ether oxygens (including phenoxy) is 1. The average Bonchev–Trinajstić information content (AvgIpc) is 2.88. The largest absolute Gasteiger partial charge is 0.464 e. The van der Waals surface area contributed by atoms with Crippen molar-refractivity contribution in [3.8, 4) is 0 Å². The molecule has 1 unspecified atom stereocenters. The van der Waals surface area contributed by atoms with E-state index in [-0.39, 0.29) is 18.2 Å². The maximum Gasteiger partial charge on any atom is 0.372 e. The van der Waals surface area contributed by atoms with Crippen molar-refractivity contribution >= 4 is 33.9 Å². The lowest BCUT2D eigenvalue weighted by molar-refractivity contribution is -0.389.